The van der Waals surface area contributed by atoms with Gasteiger partial charge < -0.3 is 5.32 Å². The predicted molar refractivity (Wildman–Crippen MR) is 93.3 cm³/mol. The SMILES string of the molecule is FC(F)(c1ccccc1)C1C=C(c2csc(C3CCNCC3)n2)NO1. The van der Waals surface area contributed by atoms with Gasteiger partial charge in [-0.25, -0.2) is 4.98 Å². The number of nitrogens with zero attached hydrogens (tertiary/aromatic N) is 1. The maximum Gasteiger partial charge on any atom is 0.305 e. The van der Waals surface area contributed by atoms with Crippen LogP contribution in [-0.2, 0) is 10.8 Å². The molecule has 1 saturated heterocycles. The van der Waals surface area contributed by atoms with Crippen molar-refractivity contribution in [3.8, 4) is 0 Å². The first-order valence-corrected chi connectivity index (χ1v) is 9.26. The van der Waals surface area contributed by atoms with E-state index in [1.54, 1.807) is 29.5 Å². The number of benzene rings is 1. The molecule has 2 N–H and O–H groups in total. The molecule has 1 aromatic carbocycles. The third-order valence-corrected chi connectivity index (χ3v) is 5.62. The molecule has 3 heterocycles. The number of nitrogens with one attached hydrogen (secondary N) is 2. The van der Waals surface area contributed by atoms with Crippen LogP contribution >= 0.6 is 11.3 Å². The quantitative estimate of drug-likeness (QED) is 0.871. The van der Waals surface area contributed by atoms with Crippen molar-refractivity contribution in [1.82, 2.24) is 15.8 Å². The van der Waals surface area contributed by atoms with Gasteiger partial charge in [-0.1, -0.05) is 30.3 Å². The summed E-state index contributed by atoms with van der Waals surface area (Å²) < 4.78 is 29.2. The van der Waals surface area contributed by atoms with E-state index in [2.05, 4.69) is 15.8 Å². The molecule has 132 valence electrons. The van der Waals surface area contributed by atoms with Crippen molar-refractivity contribution in [2.45, 2.75) is 30.8 Å². The lowest BCUT2D eigenvalue weighted by molar-refractivity contribution is -0.131. The zero-order chi connectivity index (χ0) is 17.3. The summed E-state index contributed by atoms with van der Waals surface area (Å²) in [5.74, 6) is -2.66. The third kappa shape index (κ3) is 3.31. The second kappa shape index (κ2) is 6.82. The number of aromatic nitrogens is 1. The molecular weight excluding hydrogens is 344 g/mol. The van der Waals surface area contributed by atoms with E-state index < -0.39 is 12.0 Å². The lowest BCUT2D eigenvalue weighted by Crippen LogP contribution is -2.31. The maximum absolute atomic E-state index is 14.6. The fraction of sp³-hybridized carbons (Fsp3) is 0.389. The standard InChI is InChI=1S/C18H19F2N3OS/c19-18(20,13-4-2-1-3-5-13)16-10-14(23-24-16)15-11-25-17(22-15)12-6-8-21-9-7-12/h1-5,10-12,16,21,23H,6-9H2. The van der Waals surface area contributed by atoms with Crippen LogP contribution in [0.1, 0.15) is 35.0 Å². The Kier molecular flexibility index (Phi) is 4.54. The van der Waals surface area contributed by atoms with Gasteiger partial charge in [-0.3, -0.25) is 10.3 Å². The van der Waals surface area contributed by atoms with Crippen molar-refractivity contribution in [3.63, 3.8) is 0 Å². The highest BCUT2D eigenvalue weighted by atomic mass is 32.1. The van der Waals surface area contributed by atoms with Gasteiger partial charge in [-0.15, -0.1) is 11.3 Å². The van der Waals surface area contributed by atoms with Gasteiger partial charge in [0.25, 0.3) is 0 Å². The summed E-state index contributed by atoms with van der Waals surface area (Å²) in [6.07, 6.45) is 2.19. The smallest absolute Gasteiger partial charge is 0.305 e. The summed E-state index contributed by atoms with van der Waals surface area (Å²) in [6.45, 7) is 1.99. The molecule has 0 bridgehead atoms. The molecule has 0 saturated carbocycles. The number of hydrogen-bond acceptors (Lipinski definition) is 5. The Hall–Kier alpha value is -1.83. The summed E-state index contributed by atoms with van der Waals surface area (Å²) >= 11 is 1.59. The van der Waals surface area contributed by atoms with E-state index >= 15 is 0 Å². The normalized spacial score (nSPS) is 21.8. The number of alkyl halides is 2. The van der Waals surface area contributed by atoms with Crippen LogP contribution in [0.5, 0.6) is 0 Å². The topological polar surface area (TPSA) is 46.2 Å². The van der Waals surface area contributed by atoms with Gasteiger partial charge in [-0.05, 0) is 32.0 Å². The minimum absolute atomic E-state index is 0.0621. The molecule has 0 radical (unpaired) electrons. The zero-order valence-electron chi connectivity index (χ0n) is 13.5. The highest BCUT2D eigenvalue weighted by Crippen LogP contribution is 2.38. The Balaban J connectivity index is 1.52. The molecule has 7 heteroatoms. The Morgan fingerprint density at radius 1 is 1.16 bits per heavy atom. The molecule has 25 heavy (non-hydrogen) atoms. The number of rotatable bonds is 4. The fourth-order valence-corrected chi connectivity index (χ4v) is 4.15. The molecule has 2 aromatic rings. The molecule has 0 aliphatic carbocycles. The van der Waals surface area contributed by atoms with Crippen molar-refractivity contribution >= 4 is 17.0 Å². The van der Waals surface area contributed by atoms with Crippen molar-refractivity contribution in [3.05, 3.63) is 58.1 Å². The average Bonchev–Trinajstić information content (AvgIpc) is 3.33. The van der Waals surface area contributed by atoms with Crippen LogP contribution in [0, 0.1) is 0 Å². The first-order valence-electron chi connectivity index (χ1n) is 8.38. The van der Waals surface area contributed by atoms with Gasteiger partial charge in [0.2, 0.25) is 0 Å². The maximum atomic E-state index is 14.6. The lowest BCUT2D eigenvalue weighted by Gasteiger charge is -2.20. The molecule has 0 amide bonds. The summed E-state index contributed by atoms with van der Waals surface area (Å²) in [7, 11) is 0. The molecule has 1 aromatic heterocycles. The van der Waals surface area contributed by atoms with Crippen LogP contribution in [0.25, 0.3) is 5.70 Å². The Morgan fingerprint density at radius 3 is 2.68 bits per heavy atom. The molecule has 0 spiro atoms. The Labute approximate surface area is 148 Å². The predicted octanol–water partition coefficient (Wildman–Crippen LogP) is 3.65. The minimum atomic E-state index is -3.11. The first kappa shape index (κ1) is 16.6. The molecule has 1 fully saturated rings. The average molecular weight is 363 g/mol. The highest BCUT2D eigenvalue weighted by Gasteiger charge is 2.44. The molecule has 4 rings (SSSR count). The van der Waals surface area contributed by atoms with Crippen LogP contribution in [0.4, 0.5) is 8.78 Å². The van der Waals surface area contributed by atoms with E-state index in [-0.39, 0.29) is 5.56 Å². The van der Waals surface area contributed by atoms with Crippen molar-refractivity contribution in [2.75, 3.05) is 13.1 Å². The van der Waals surface area contributed by atoms with E-state index in [9.17, 15) is 8.78 Å². The minimum Gasteiger partial charge on any atom is -0.317 e. The molecular formula is C18H19F2N3OS. The number of halogens is 2. The van der Waals surface area contributed by atoms with E-state index in [0.29, 0.717) is 17.3 Å². The largest absolute Gasteiger partial charge is 0.317 e. The van der Waals surface area contributed by atoms with E-state index in [1.165, 1.54) is 18.2 Å². The van der Waals surface area contributed by atoms with Gasteiger partial charge in [0.05, 0.1) is 16.4 Å². The van der Waals surface area contributed by atoms with Gasteiger partial charge in [0.1, 0.15) is 0 Å². The summed E-state index contributed by atoms with van der Waals surface area (Å²) in [6, 6.07) is 7.73. The van der Waals surface area contributed by atoms with Crippen LogP contribution in [0.3, 0.4) is 0 Å². The van der Waals surface area contributed by atoms with Crippen molar-refractivity contribution in [1.29, 1.82) is 0 Å². The number of piperidine rings is 1. The number of hydroxylamine groups is 1. The summed E-state index contributed by atoms with van der Waals surface area (Å²) in [5.41, 5.74) is 3.75. The molecule has 2 aliphatic rings. The van der Waals surface area contributed by atoms with E-state index in [0.717, 1.165) is 30.9 Å². The number of hydrogen-bond donors (Lipinski definition) is 2. The molecule has 4 nitrogen and oxygen atoms in total. The molecule has 1 atom stereocenters. The summed E-state index contributed by atoms with van der Waals surface area (Å²) in [5, 5.41) is 6.31. The Morgan fingerprint density at radius 2 is 1.92 bits per heavy atom. The van der Waals surface area contributed by atoms with Crippen LogP contribution < -0.4 is 10.8 Å². The van der Waals surface area contributed by atoms with Gasteiger partial charge >= 0.3 is 5.92 Å². The molecule has 2 aliphatic heterocycles. The zero-order valence-corrected chi connectivity index (χ0v) is 14.4. The fourth-order valence-electron chi connectivity index (χ4n) is 3.16. The third-order valence-electron chi connectivity index (χ3n) is 4.62. The van der Waals surface area contributed by atoms with Crippen LogP contribution in [0.15, 0.2) is 41.8 Å². The number of thiazole rings is 1. The van der Waals surface area contributed by atoms with E-state index in [4.69, 9.17) is 4.84 Å². The monoisotopic (exact) mass is 363 g/mol. The Bertz CT molecular complexity index is 757. The van der Waals surface area contributed by atoms with Crippen molar-refractivity contribution < 1.29 is 13.6 Å². The van der Waals surface area contributed by atoms with Gasteiger partial charge in [-0.2, -0.15) is 8.78 Å². The second-order valence-corrected chi connectivity index (χ2v) is 7.19. The first-order chi connectivity index (χ1) is 12.1. The lowest BCUT2D eigenvalue weighted by atomic mass is 9.99. The van der Waals surface area contributed by atoms with Crippen LogP contribution in [-0.4, -0.2) is 24.2 Å². The summed E-state index contributed by atoms with van der Waals surface area (Å²) in [4.78, 5) is 9.80. The van der Waals surface area contributed by atoms with Gasteiger partial charge in [0.15, 0.2) is 6.10 Å². The van der Waals surface area contributed by atoms with Crippen molar-refractivity contribution in [2.24, 2.45) is 0 Å². The van der Waals surface area contributed by atoms with Crippen LogP contribution in [0.2, 0.25) is 0 Å². The second-order valence-electron chi connectivity index (χ2n) is 6.31. The van der Waals surface area contributed by atoms with E-state index in [1.807, 2.05) is 5.38 Å². The van der Waals surface area contributed by atoms with Gasteiger partial charge in [0, 0.05) is 16.9 Å². The highest BCUT2D eigenvalue weighted by molar-refractivity contribution is 7.09. The molecule has 1 unspecified atom stereocenters.